The van der Waals surface area contributed by atoms with Crippen molar-refractivity contribution in [2.75, 3.05) is 52.4 Å². The van der Waals surface area contributed by atoms with E-state index in [-0.39, 0.29) is 43.6 Å². The Bertz CT molecular complexity index is 1370. The van der Waals surface area contributed by atoms with Gasteiger partial charge in [-0.15, -0.1) is 11.8 Å². The average molecular weight is 543 g/mol. The Hall–Kier alpha value is -4.07. The lowest BCUT2D eigenvalue weighted by molar-refractivity contribution is -0.117. The van der Waals surface area contributed by atoms with Crippen molar-refractivity contribution in [1.82, 2.24) is 9.88 Å². The highest BCUT2D eigenvalue weighted by Crippen LogP contribution is 2.46. The molecule has 0 aliphatic carbocycles. The molecule has 14 heteroatoms. The zero-order valence-electron chi connectivity index (χ0n) is 20.0. The number of nitrogens with one attached hydrogen (secondary N) is 2. The fourth-order valence-electron chi connectivity index (χ4n) is 5.27. The Labute approximate surface area is 220 Å². The van der Waals surface area contributed by atoms with Gasteiger partial charge in [-0.1, -0.05) is 0 Å². The van der Waals surface area contributed by atoms with E-state index >= 15 is 0 Å². The summed E-state index contributed by atoms with van der Waals surface area (Å²) in [5.74, 6) is 0.0830. The first-order chi connectivity index (χ1) is 18.3. The number of hydrogen-bond acceptors (Lipinski definition) is 8. The van der Waals surface area contributed by atoms with E-state index in [2.05, 4.69) is 15.6 Å². The van der Waals surface area contributed by atoms with Gasteiger partial charge < -0.3 is 25.4 Å². The molecule has 38 heavy (non-hydrogen) atoms. The quantitative estimate of drug-likeness (QED) is 0.502. The Morgan fingerprint density at radius 3 is 2.87 bits per heavy atom. The number of thioether (sulfide) groups is 1. The predicted octanol–water partition coefficient (Wildman–Crippen LogP) is 2.86. The second kappa shape index (κ2) is 9.35. The minimum absolute atomic E-state index is 0.0428. The third kappa shape index (κ3) is 4.14. The van der Waals surface area contributed by atoms with Crippen molar-refractivity contribution in [1.29, 1.82) is 0 Å². The summed E-state index contributed by atoms with van der Waals surface area (Å²) in [5, 5.41) is 15.6. The van der Waals surface area contributed by atoms with E-state index in [0.29, 0.717) is 41.6 Å². The number of cyclic esters (lactones) is 1. The topological polar surface area (TPSA) is 144 Å². The van der Waals surface area contributed by atoms with Gasteiger partial charge in [0.05, 0.1) is 47.7 Å². The molecule has 1 fully saturated rings. The van der Waals surface area contributed by atoms with Crippen LogP contribution in [0.15, 0.2) is 29.2 Å². The molecule has 6 rings (SSSR count). The number of anilines is 4. The first-order valence-corrected chi connectivity index (χ1v) is 13.1. The van der Waals surface area contributed by atoms with E-state index in [9.17, 15) is 28.7 Å². The van der Waals surface area contributed by atoms with Crippen LogP contribution in [0.3, 0.4) is 0 Å². The zero-order valence-corrected chi connectivity index (χ0v) is 20.8. The van der Waals surface area contributed by atoms with Crippen LogP contribution in [-0.4, -0.2) is 77.0 Å². The standard InChI is InChI=1S/C24H23FN6O6S/c25-13-3-4-14-21-20(13)15(10-31(21)19(33)8-26-14)29(23(34)35)7-1-2-12-9-30(24(36)37-12)17-6-5-16-22(27-17)28-18(32)11-38-16/h3-6,12,15,26H,1-2,7-11H2,(H,34,35)(H,27,28,32)/t12-,15?/m1/s1. The number of aromatic nitrogens is 1. The number of pyridine rings is 1. The highest BCUT2D eigenvalue weighted by molar-refractivity contribution is 8.00. The van der Waals surface area contributed by atoms with Gasteiger partial charge in [0.25, 0.3) is 0 Å². The van der Waals surface area contributed by atoms with Crippen molar-refractivity contribution in [3.63, 3.8) is 0 Å². The second-order valence-electron chi connectivity index (χ2n) is 9.32. The third-order valence-electron chi connectivity index (χ3n) is 7.01. The summed E-state index contributed by atoms with van der Waals surface area (Å²) in [7, 11) is 0. The molecule has 1 saturated heterocycles. The van der Waals surface area contributed by atoms with Gasteiger partial charge in [-0.2, -0.15) is 0 Å². The Morgan fingerprint density at radius 1 is 1.21 bits per heavy atom. The Balaban J connectivity index is 1.12. The SMILES string of the molecule is O=C1CSc2ccc(N3C[C@@H](CCCN(C(=O)O)C4CN5C(=O)CNc6ccc(F)c4c65)OC3=O)nc2N1. The molecule has 1 aromatic carbocycles. The number of hydrogen-bond donors (Lipinski definition) is 3. The molecule has 0 radical (unpaired) electrons. The van der Waals surface area contributed by atoms with Crippen molar-refractivity contribution >= 4 is 58.8 Å². The molecule has 1 aromatic heterocycles. The number of ether oxygens (including phenoxy) is 1. The normalized spacial score (nSPS) is 21.4. The average Bonchev–Trinajstić information content (AvgIpc) is 3.47. The monoisotopic (exact) mass is 542 g/mol. The number of benzene rings is 1. The van der Waals surface area contributed by atoms with Crippen LogP contribution >= 0.6 is 11.8 Å². The smallest absolute Gasteiger partial charge is 0.415 e. The molecular weight excluding hydrogens is 519 g/mol. The van der Waals surface area contributed by atoms with E-state index in [4.69, 9.17) is 4.74 Å². The lowest BCUT2D eigenvalue weighted by atomic mass is 10.0. The summed E-state index contributed by atoms with van der Waals surface area (Å²) in [6.45, 7) is 0.386. The van der Waals surface area contributed by atoms with Crippen LogP contribution in [-0.2, 0) is 14.3 Å². The summed E-state index contributed by atoms with van der Waals surface area (Å²) < 4.78 is 20.3. The number of halogens is 1. The van der Waals surface area contributed by atoms with Crippen molar-refractivity contribution < 1.29 is 33.4 Å². The fourth-order valence-corrected chi connectivity index (χ4v) is 6.03. The first-order valence-electron chi connectivity index (χ1n) is 12.1. The Kier molecular flexibility index (Phi) is 5.97. The molecule has 2 atom stereocenters. The van der Waals surface area contributed by atoms with E-state index in [1.165, 1.54) is 27.6 Å². The summed E-state index contributed by atoms with van der Waals surface area (Å²) >= 11 is 1.37. The maximum Gasteiger partial charge on any atom is 0.415 e. The van der Waals surface area contributed by atoms with Crippen LogP contribution in [0.5, 0.6) is 0 Å². The molecule has 0 saturated carbocycles. The third-order valence-corrected chi connectivity index (χ3v) is 8.06. The van der Waals surface area contributed by atoms with Crippen LogP contribution in [0, 0.1) is 5.82 Å². The molecule has 2 aromatic rings. The lowest BCUT2D eigenvalue weighted by Gasteiger charge is -2.27. The largest absolute Gasteiger partial charge is 0.465 e. The molecule has 3 N–H and O–H groups in total. The number of amides is 4. The van der Waals surface area contributed by atoms with E-state index in [1.54, 1.807) is 18.2 Å². The van der Waals surface area contributed by atoms with Gasteiger partial charge in [0.1, 0.15) is 23.6 Å². The molecule has 1 unspecified atom stereocenters. The van der Waals surface area contributed by atoms with Crippen LogP contribution in [0.4, 0.5) is 37.0 Å². The van der Waals surface area contributed by atoms with Crippen LogP contribution in [0.1, 0.15) is 24.4 Å². The highest BCUT2D eigenvalue weighted by Gasteiger charge is 2.43. The molecule has 4 aliphatic rings. The minimum Gasteiger partial charge on any atom is -0.465 e. The van der Waals surface area contributed by atoms with Gasteiger partial charge in [0.15, 0.2) is 0 Å². The van der Waals surface area contributed by atoms with Gasteiger partial charge in [0.2, 0.25) is 11.8 Å². The van der Waals surface area contributed by atoms with Crippen molar-refractivity contribution in [2.24, 2.45) is 0 Å². The highest BCUT2D eigenvalue weighted by atomic mass is 32.2. The van der Waals surface area contributed by atoms with E-state index in [0.717, 1.165) is 9.80 Å². The van der Waals surface area contributed by atoms with E-state index in [1.807, 2.05) is 0 Å². The fraction of sp³-hybridized carbons (Fsp3) is 0.375. The molecular formula is C24H23FN6O6S. The maximum atomic E-state index is 14.9. The first kappa shape index (κ1) is 24.3. The summed E-state index contributed by atoms with van der Waals surface area (Å²) in [5.41, 5.74) is 1.18. The van der Waals surface area contributed by atoms with Crippen LogP contribution in [0.25, 0.3) is 0 Å². The molecule has 4 amide bonds. The van der Waals surface area contributed by atoms with Gasteiger partial charge in [0, 0.05) is 12.1 Å². The molecule has 5 heterocycles. The summed E-state index contributed by atoms with van der Waals surface area (Å²) in [6.07, 6.45) is -1.58. The molecule has 198 valence electrons. The minimum atomic E-state index is -1.23. The predicted molar refractivity (Wildman–Crippen MR) is 135 cm³/mol. The van der Waals surface area contributed by atoms with Crippen molar-refractivity contribution in [3.8, 4) is 0 Å². The van der Waals surface area contributed by atoms with Crippen LogP contribution in [0.2, 0.25) is 0 Å². The maximum absolute atomic E-state index is 14.9. The van der Waals surface area contributed by atoms with Crippen molar-refractivity contribution in [3.05, 3.63) is 35.6 Å². The number of carbonyl (C=O) groups excluding carboxylic acids is 3. The Morgan fingerprint density at radius 2 is 2.05 bits per heavy atom. The second-order valence-corrected chi connectivity index (χ2v) is 10.3. The summed E-state index contributed by atoms with van der Waals surface area (Å²) in [6, 6.07) is 5.46. The van der Waals surface area contributed by atoms with Gasteiger partial charge in [-0.05, 0) is 37.1 Å². The van der Waals surface area contributed by atoms with Crippen LogP contribution < -0.4 is 20.4 Å². The van der Waals surface area contributed by atoms with Gasteiger partial charge in [-0.3, -0.25) is 19.4 Å². The van der Waals surface area contributed by atoms with Gasteiger partial charge in [-0.25, -0.2) is 19.0 Å². The molecule has 0 spiro atoms. The van der Waals surface area contributed by atoms with Gasteiger partial charge >= 0.3 is 12.2 Å². The molecule has 0 bridgehead atoms. The summed E-state index contributed by atoms with van der Waals surface area (Å²) in [4.78, 5) is 58.0. The molecule has 12 nitrogen and oxygen atoms in total. The number of fused-ring (bicyclic) bond motifs is 1. The number of carboxylic acid groups (broad SMARTS) is 1. The number of carbonyl (C=O) groups is 4. The lowest BCUT2D eigenvalue weighted by Crippen LogP contribution is -2.42. The zero-order chi connectivity index (χ0) is 26.6. The van der Waals surface area contributed by atoms with E-state index < -0.39 is 30.1 Å². The van der Waals surface area contributed by atoms with Crippen molar-refractivity contribution in [2.45, 2.75) is 29.9 Å². The number of nitrogens with zero attached hydrogens (tertiary/aromatic N) is 4. The number of rotatable bonds is 6. The molecule has 4 aliphatic heterocycles.